The van der Waals surface area contributed by atoms with Crippen LogP contribution in [0, 0.1) is 6.92 Å². The molecule has 26 heavy (non-hydrogen) atoms. The molecule has 4 heterocycles. The fourth-order valence-electron chi connectivity index (χ4n) is 4.04. The van der Waals surface area contributed by atoms with Crippen LogP contribution in [0.15, 0.2) is 36.7 Å². The number of hydrogen-bond donors (Lipinski definition) is 0. The van der Waals surface area contributed by atoms with Crippen molar-refractivity contribution in [3.63, 3.8) is 0 Å². The molecule has 7 heteroatoms. The molecule has 0 saturated carbocycles. The van der Waals surface area contributed by atoms with Gasteiger partial charge in [-0.3, -0.25) is 19.8 Å². The van der Waals surface area contributed by atoms with Crippen LogP contribution in [-0.4, -0.2) is 44.9 Å². The van der Waals surface area contributed by atoms with Gasteiger partial charge >= 0.3 is 6.18 Å². The first-order chi connectivity index (χ1) is 12.4. The fraction of sp³-hybridized carbons (Fsp3) is 0.474. The number of aromatic nitrogens is 2. The van der Waals surface area contributed by atoms with Crippen LogP contribution in [0.3, 0.4) is 0 Å². The maximum Gasteiger partial charge on any atom is 0.433 e. The van der Waals surface area contributed by atoms with Crippen molar-refractivity contribution >= 4 is 0 Å². The van der Waals surface area contributed by atoms with Crippen LogP contribution >= 0.6 is 0 Å². The standard InChI is InChI=1S/C19H21F3N4/c1-13-15(3-2-6-23-13)10-26-12-16-7-17(26)11-25(16)9-14-4-5-18(24-8-14)19(20,21)22/h2-6,8,16-17H,7,9-12H2,1H3. The van der Waals surface area contributed by atoms with Gasteiger partial charge in [0.05, 0.1) is 0 Å². The molecule has 2 fully saturated rings. The Bertz CT molecular complexity index is 775. The van der Waals surface area contributed by atoms with E-state index in [1.165, 1.54) is 11.8 Å². The highest BCUT2D eigenvalue weighted by atomic mass is 19.4. The number of pyridine rings is 2. The lowest BCUT2D eigenvalue weighted by Gasteiger charge is -2.34. The largest absolute Gasteiger partial charge is 0.433 e. The molecule has 2 unspecified atom stereocenters. The van der Waals surface area contributed by atoms with Crippen LogP contribution in [0.5, 0.6) is 0 Å². The average molecular weight is 362 g/mol. The van der Waals surface area contributed by atoms with E-state index in [4.69, 9.17) is 0 Å². The van der Waals surface area contributed by atoms with E-state index >= 15 is 0 Å². The molecule has 2 saturated heterocycles. The Balaban J connectivity index is 1.36. The van der Waals surface area contributed by atoms with Gasteiger partial charge in [0.2, 0.25) is 0 Å². The molecular formula is C19H21F3N4. The van der Waals surface area contributed by atoms with E-state index in [1.54, 1.807) is 6.07 Å². The summed E-state index contributed by atoms with van der Waals surface area (Å²) in [6.07, 6.45) is -0.0933. The molecule has 0 amide bonds. The molecule has 2 aliphatic rings. The van der Waals surface area contributed by atoms with Gasteiger partial charge in [0.25, 0.3) is 0 Å². The zero-order valence-corrected chi connectivity index (χ0v) is 14.6. The molecule has 4 nitrogen and oxygen atoms in total. The molecule has 2 aromatic heterocycles. The molecule has 0 aliphatic carbocycles. The SMILES string of the molecule is Cc1ncccc1CN1CC2CC1CN2Cc1ccc(C(F)(F)F)nc1. The van der Waals surface area contributed by atoms with Gasteiger partial charge in [-0.2, -0.15) is 13.2 Å². The first kappa shape index (κ1) is 17.4. The minimum atomic E-state index is -4.38. The van der Waals surface area contributed by atoms with Crippen LogP contribution in [0.1, 0.15) is 28.9 Å². The Hall–Kier alpha value is -1.99. The molecule has 0 N–H and O–H groups in total. The number of alkyl halides is 3. The second-order valence-electron chi connectivity index (χ2n) is 7.20. The van der Waals surface area contributed by atoms with Gasteiger partial charge in [0, 0.05) is 56.4 Å². The van der Waals surface area contributed by atoms with E-state index in [0.29, 0.717) is 18.6 Å². The van der Waals surface area contributed by atoms with Crippen molar-refractivity contribution < 1.29 is 13.2 Å². The second kappa shape index (κ2) is 6.63. The van der Waals surface area contributed by atoms with Crippen molar-refractivity contribution in [1.82, 2.24) is 19.8 Å². The van der Waals surface area contributed by atoms with E-state index in [9.17, 15) is 13.2 Å². The predicted octanol–water partition coefficient (Wildman–Crippen LogP) is 3.26. The molecule has 4 rings (SSSR count). The van der Waals surface area contributed by atoms with Gasteiger partial charge in [-0.25, -0.2) is 0 Å². The van der Waals surface area contributed by atoms with Crippen LogP contribution in [0.25, 0.3) is 0 Å². The molecule has 0 spiro atoms. The molecule has 2 aromatic rings. The minimum Gasteiger partial charge on any atom is -0.293 e. The van der Waals surface area contributed by atoms with Gasteiger partial charge in [0.15, 0.2) is 0 Å². The first-order valence-electron chi connectivity index (χ1n) is 8.81. The highest BCUT2D eigenvalue weighted by Gasteiger charge is 2.43. The van der Waals surface area contributed by atoms with Crippen molar-refractivity contribution in [3.8, 4) is 0 Å². The van der Waals surface area contributed by atoms with Gasteiger partial charge in [-0.05, 0) is 36.6 Å². The van der Waals surface area contributed by atoms with Crippen molar-refractivity contribution in [2.24, 2.45) is 0 Å². The summed E-state index contributed by atoms with van der Waals surface area (Å²) in [7, 11) is 0. The van der Waals surface area contributed by atoms with Crippen LogP contribution in [0.4, 0.5) is 13.2 Å². The van der Waals surface area contributed by atoms with E-state index < -0.39 is 11.9 Å². The number of fused-ring (bicyclic) bond motifs is 2. The maximum atomic E-state index is 12.6. The van der Waals surface area contributed by atoms with Crippen molar-refractivity contribution in [3.05, 3.63) is 59.2 Å². The Morgan fingerprint density at radius 3 is 2.35 bits per heavy atom. The molecule has 0 aromatic carbocycles. The van der Waals surface area contributed by atoms with Crippen LogP contribution in [-0.2, 0) is 19.3 Å². The number of likely N-dealkylation sites (tertiary alicyclic amines) is 2. The monoisotopic (exact) mass is 362 g/mol. The number of rotatable bonds is 4. The third-order valence-electron chi connectivity index (χ3n) is 5.46. The zero-order chi connectivity index (χ0) is 18.3. The number of piperazine rings is 1. The van der Waals surface area contributed by atoms with Gasteiger partial charge in [-0.1, -0.05) is 12.1 Å². The lowest BCUT2D eigenvalue weighted by Crippen LogP contribution is -2.45. The molecule has 0 radical (unpaired) electrons. The summed E-state index contributed by atoms with van der Waals surface area (Å²) in [5.41, 5.74) is 2.34. The molecular weight excluding hydrogens is 341 g/mol. The van der Waals surface area contributed by atoms with Crippen molar-refractivity contribution in [1.29, 1.82) is 0 Å². The maximum absolute atomic E-state index is 12.6. The number of halogens is 3. The lowest BCUT2D eigenvalue weighted by molar-refractivity contribution is -0.141. The third kappa shape index (κ3) is 3.46. The van der Waals surface area contributed by atoms with E-state index in [0.717, 1.165) is 43.4 Å². The van der Waals surface area contributed by atoms with Crippen LogP contribution in [0.2, 0.25) is 0 Å². The van der Waals surface area contributed by atoms with Gasteiger partial charge in [0.1, 0.15) is 5.69 Å². The van der Waals surface area contributed by atoms with Crippen molar-refractivity contribution in [2.75, 3.05) is 13.1 Å². The summed E-state index contributed by atoms with van der Waals surface area (Å²) in [5.74, 6) is 0. The summed E-state index contributed by atoms with van der Waals surface area (Å²) >= 11 is 0. The lowest BCUT2D eigenvalue weighted by atomic mass is 10.1. The molecule has 2 aliphatic heterocycles. The predicted molar refractivity (Wildman–Crippen MR) is 91.2 cm³/mol. The summed E-state index contributed by atoms with van der Waals surface area (Å²) in [6, 6.07) is 7.67. The average Bonchev–Trinajstić information content (AvgIpc) is 3.16. The normalized spacial score (nSPS) is 23.7. The van der Waals surface area contributed by atoms with Crippen LogP contribution < -0.4 is 0 Å². The Morgan fingerprint density at radius 2 is 1.77 bits per heavy atom. The van der Waals surface area contributed by atoms with E-state index in [2.05, 4.69) is 25.8 Å². The topological polar surface area (TPSA) is 32.3 Å². The van der Waals surface area contributed by atoms with Gasteiger partial charge < -0.3 is 0 Å². The summed E-state index contributed by atoms with van der Waals surface area (Å²) in [6.45, 7) is 5.55. The highest BCUT2D eigenvalue weighted by Crippen LogP contribution is 2.33. The summed E-state index contributed by atoms with van der Waals surface area (Å²) in [5, 5.41) is 0. The van der Waals surface area contributed by atoms with Crippen molar-refractivity contribution in [2.45, 2.75) is 44.7 Å². The first-order valence-corrected chi connectivity index (χ1v) is 8.81. The second-order valence-corrected chi connectivity index (χ2v) is 7.20. The Morgan fingerprint density at radius 1 is 1.04 bits per heavy atom. The van der Waals surface area contributed by atoms with E-state index in [-0.39, 0.29) is 0 Å². The minimum absolute atomic E-state index is 0.458. The number of aryl methyl sites for hydroxylation is 1. The Labute approximate surface area is 150 Å². The van der Waals surface area contributed by atoms with E-state index in [1.807, 2.05) is 19.2 Å². The fourth-order valence-corrected chi connectivity index (χ4v) is 4.04. The molecule has 2 atom stereocenters. The zero-order valence-electron chi connectivity index (χ0n) is 14.6. The number of nitrogens with zero attached hydrogens (tertiary/aromatic N) is 4. The summed E-state index contributed by atoms with van der Waals surface area (Å²) < 4.78 is 37.8. The molecule has 2 bridgehead atoms. The summed E-state index contributed by atoms with van der Waals surface area (Å²) in [4.78, 5) is 12.8. The third-order valence-corrected chi connectivity index (χ3v) is 5.46. The Kier molecular flexibility index (Phi) is 4.44. The van der Waals surface area contributed by atoms with Gasteiger partial charge in [-0.15, -0.1) is 0 Å². The highest BCUT2D eigenvalue weighted by molar-refractivity contribution is 5.20. The number of hydrogen-bond acceptors (Lipinski definition) is 4. The molecule has 138 valence electrons. The smallest absolute Gasteiger partial charge is 0.293 e. The quantitative estimate of drug-likeness (QED) is 0.836.